The fraction of sp³-hybridized carbons (Fsp3) is 0.500. The van der Waals surface area contributed by atoms with Gasteiger partial charge in [0.2, 0.25) is 0 Å². The molecule has 0 saturated carbocycles. The second-order valence-electron chi connectivity index (χ2n) is 3.09. The Labute approximate surface area is 86.5 Å². The lowest BCUT2D eigenvalue weighted by Gasteiger charge is -2.08. The average molecular weight is 196 g/mol. The van der Waals surface area contributed by atoms with Gasteiger partial charge in [0.05, 0.1) is 6.61 Å². The number of hydrogen-bond donors (Lipinski definition) is 1. The Morgan fingerprint density at radius 1 is 1.21 bits per heavy atom. The molecule has 0 aliphatic heterocycles. The molecule has 0 spiro atoms. The van der Waals surface area contributed by atoms with Gasteiger partial charge in [0, 0.05) is 7.11 Å². The molecule has 2 heteroatoms. The van der Waals surface area contributed by atoms with Crippen LogP contribution in [0, 0.1) is 0 Å². The highest BCUT2D eigenvalue weighted by Gasteiger charge is 2.03. The van der Waals surface area contributed by atoms with E-state index in [1.54, 1.807) is 7.11 Å². The van der Waals surface area contributed by atoms with Crippen LogP contribution in [0.3, 0.4) is 0 Å². The first kappa shape index (κ1) is 13.1. The topological polar surface area (TPSA) is 29.5 Å². The second kappa shape index (κ2) is 8.73. The minimum absolute atomic E-state index is 0.351. The summed E-state index contributed by atoms with van der Waals surface area (Å²) < 4.78 is 4.81. The number of aliphatic hydroxyl groups excluding tert-OH is 1. The molecule has 0 radical (unpaired) electrons. The van der Waals surface area contributed by atoms with Gasteiger partial charge in [-0.1, -0.05) is 50.6 Å². The lowest BCUT2D eigenvalue weighted by molar-refractivity contribution is 0.0644. The predicted octanol–water partition coefficient (Wildman–Crippen LogP) is 2.78. The Kier molecular flexibility index (Phi) is 8.19. The zero-order valence-electron chi connectivity index (χ0n) is 9.23. The van der Waals surface area contributed by atoms with Gasteiger partial charge >= 0.3 is 0 Å². The number of ether oxygens (including phenoxy) is 1. The van der Waals surface area contributed by atoms with Gasteiger partial charge in [0.25, 0.3) is 0 Å². The van der Waals surface area contributed by atoms with E-state index in [4.69, 9.17) is 4.74 Å². The third-order valence-electron chi connectivity index (χ3n) is 1.51. The van der Waals surface area contributed by atoms with Crippen LogP contribution >= 0.6 is 0 Å². The van der Waals surface area contributed by atoms with Crippen molar-refractivity contribution in [1.29, 1.82) is 0 Å². The van der Waals surface area contributed by atoms with Crippen molar-refractivity contribution in [2.24, 2.45) is 0 Å². The molecule has 0 bridgehead atoms. The maximum Gasteiger partial charge on any atom is 0.102 e. The van der Waals surface area contributed by atoms with Gasteiger partial charge in [0.15, 0.2) is 0 Å². The van der Waals surface area contributed by atoms with Crippen molar-refractivity contribution in [1.82, 2.24) is 0 Å². The predicted molar refractivity (Wildman–Crippen MR) is 59.2 cm³/mol. The summed E-state index contributed by atoms with van der Waals surface area (Å²) in [6.07, 6.45) is 0.751. The van der Waals surface area contributed by atoms with E-state index in [9.17, 15) is 5.11 Å². The van der Waals surface area contributed by atoms with Gasteiger partial charge in [-0.15, -0.1) is 0 Å². The van der Waals surface area contributed by atoms with Crippen molar-refractivity contribution in [2.45, 2.75) is 26.4 Å². The van der Waals surface area contributed by atoms with Crippen LogP contribution in [0.2, 0.25) is 0 Å². The first-order valence-electron chi connectivity index (χ1n) is 4.98. The van der Waals surface area contributed by atoms with Crippen LogP contribution in [0.4, 0.5) is 0 Å². The molecule has 1 atom stereocenters. The molecule has 80 valence electrons. The molecule has 0 heterocycles. The summed E-state index contributed by atoms with van der Waals surface area (Å²) in [6.45, 7) is 4.60. The van der Waals surface area contributed by atoms with E-state index in [2.05, 4.69) is 13.8 Å². The van der Waals surface area contributed by atoms with Crippen LogP contribution in [0.5, 0.6) is 0 Å². The molecule has 0 fully saturated rings. The summed E-state index contributed by atoms with van der Waals surface area (Å²) in [4.78, 5) is 0. The average Bonchev–Trinajstić information content (AvgIpc) is 2.21. The van der Waals surface area contributed by atoms with Gasteiger partial charge in [-0.2, -0.15) is 0 Å². The van der Waals surface area contributed by atoms with Crippen LogP contribution in [0.25, 0.3) is 0 Å². The minimum Gasteiger partial charge on any atom is -0.386 e. The molecule has 1 rings (SSSR count). The van der Waals surface area contributed by atoms with E-state index in [-0.39, 0.29) is 0 Å². The van der Waals surface area contributed by atoms with Crippen LogP contribution in [-0.2, 0) is 4.74 Å². The van der Waals surface area contributed by atoms with Crippen molar-refractivity contribution in [2.75, 3.05) is 13.7 Å². The first-order chi connectivity index (χ1) is 6.76. The van der Waals surface area contributed by atoms with Crippen molar-refractivity contribution in [3.05, 3.63) is 35.9 Å². The first-order valence-corrected chi connectivity index (χ1v) is 4.98. The molecule has 1 N–H and O–H groups in total. The molecular weight excluding hydrogens is 176 g/mol. The number of methoxy groups -OCH3 is 1. The van der Waals surface area contributed by atoms with Crippen molar-refractivity contribution in [3.63, 3.8) is 0 Å². The fourth-order valence-corrected chi connectivity index (χ4v) is 0.929. The van der Waals surface area contributed by atoms with Gasteiger partial charge in [0.1, 0.15) is 6.10 Å². The summed E-state index contributed by atoms with van der Waals surface area (Å²) in [7, 11) is 1.58. The van der Waals surface area contributed by atoms with Gasteiger partial charge in [-0.25, -0.2) is 0 Å². The van der Waals surface area contributed by atoms with Gasteiger partial charge in [-0.05, 0) is 5.56 Å². The van der Waals surface area contributed by atoms with Crippen LogP contribution in [0.15, 0.2) is 30.3 Å². The monoisotopic (exact) mass is 196 g/mol. The largest absolute Gasteiger partial charge is 0.386 e. The lowest BCUT2D eigenvalue weighted by atomic mass is 10.1. The summed E-state index contributed by atoms with van der Waals surface area (Å²) in [5, 5.41) is 9.40. The molecule has 0 aliphatic carbocycles. The Hall–Kier alpha value is -0.860. The zero-order chi connectivity index (χ0) is 10.8. The molecule has 2 nitrogen and oxygen atoms in total. The normalized spacial score (nSPS) is 11.4. The second-order valence-corrected chi connectivity index (χ2v) is 3.09. The van der Waals surface area contributed by atoms with Crippen molar-refractivity contribution < 1.29 is 9.84 Å². The van der Waals surface area contributed by atoms with Crippen LogP contribution < -0.4 is 0 Å². The minimum atomic E-state index is -0.499. The molecule has 1 aromatic rings. The SMILES string of the molecule is CCC.COCC(O)c1ccccc1. The van der Waals surface area contributed by atoms with Crippen LogP contribution in [0.1, 0.15) is 31.9 Å². The van der Waals surface area contributed by atoms with Gasteiger partial charge < -0.3 is 9.84 Å². The number of rotatable bonds is 3. The molecule has 1 unspecified atom stereocenters. The third-order valence-corrected chi connectivity index (χ3v) is 1.51. The highest BCUT2D eigenvalue weighted by molar-refractivity contribution is 5.17. The Morgan fingerprint density at radius 2 is 1.71 bits per heavy atom. The maximum absolute atomic E-state index is 9.40. The Morgan fingerprint density at radius 3 is 2.14 bits per heavy atom. The summed E-state index contributed by atoms with van der Waals surface area (Å²) in [6, 6.07) is 9.47. The van der Waals surface area contributed by atoms with Crippen molar-refractivity contribution in [3.8, 4) is 0 Å². The van der Waals surface area contributed by atoms with E-state index in [1.165, 1.54) is 6.42 Å². The van der Waals surface area contributed by atoms with E-state index >= 15 is 0 Å². The molecule has 0 amide bonds. The molecule has 1 aromatic carbocycles. The summed E-state index contributed by atoms with van der Waals surface area (Å²) in [5.41, 5.74) is 0.898. The summed E-state index contributed by atoms with van der Waals surface area (Å²) >= 11 is 0. The quantitative estimate of drug-likeness (QED) is 0.805. The molecular formula is C12H20O2. The standard InChI is InChI=1S/C9H12O2.C3H8/c1-11-7-9(10)8-5-3-2-4-6-8;1-3-2/h2-6,9-10H,7H2,1H3;3H2,1-2H3. The molecule has 14 heavy (non-hydrogen) atoms. The summed E-state index contributed by atoms with van der Waals surface area (Å²) in [5.74, 6) is 0. The molecule has 0 saturated heterocycles. The van der Waals surface area contributed by atoms with Crippen LogP contribution in [-0.4, -0.2) is 18.8 Å². The van der Waals surface area contributed by atoms with Crippen molar-refractivity contribution >= 4 is 0 Å². The van der Waals surface area contributed by atoms with Gasteiger partial charge in [-0.3, -0.25) is 0 Å². The number of aliphatic hydroxyl groups is 1. The maximum atomic E-state index is 9.40. The molecule has 0 aliphatic rings. The lowest BCUT2D eigenvalue weighted by Crippen LogP contribution is -2.04. The van der Waals surface area contributed by atoms with E-state index in [0.29, 0.717) is 6.61 Å². The Balaban J connectivity index is 0.000000500. The van der Waals surface area contributed by atoms with E-state index in [0.717, 1.165) is 5.56 Å². The fourth-order valence-electron chi connectivity index (χ4n) is 0.929. The zero-order valence-corrected chi connectivity index (χ0v) is 9.23. The number of benzene rings is 1. The van der Waals surface area contributed by atoms with E-state index < -0.39 is 6.10 Å². The number of hydrogen-bond acceptors (Lipinski definition) is 2. The van der Waals surface area contributed by atoms with E-state index in [1.807, 2.05) is 30.3 Å². The third kappa shape index (κ3) is 5.73. The highest BCUT2D eigenvalue weighted by Crippen LogP contribution is 2.11. The Bertz CT molecular complexity index is 209. The highest BCUT2D eigenvalue weighted by atomic mass is 16.5. The smallest absolute Gasteiger partial charge is 0.102 e. The molecule has 0 aromatic heterocycles.